The van der Waals surface area contributed by atoms with Crippen LogP contribution in [0.25, 0.3) is 0 Å². The Morgan fingerprint density at radius 1 is 1.20 bits per heavy atom. The molecule has 0 saturated heterocycles. The third-order valence-electron chi connectivity index (χ3n) is 2.47. The van der Waals surface area contributed by atoms with Gasteiger partial charge in [-0.1, -0.05) is 20.8 Å². The van der Waals surface area contributed by atoms with Crippen molar-refractivity contribution in [3.05, 3.63) is 28.3 Å². The molecule has 0 heterocycles. The van der Waals surface area contributed by atoms with Crippen molar-refractivity contribution in [1.29, 1.82) is 0 Å². The van der Waals surface area contributed by atoms with Crippen LogP contribution in [0.3, 0.4) is 0 Å². The van der Waals surface area contributed by atoms with E-state index in [0.29, 0.717) is 37.3 Å². The van der Waals surface area contributed by atoms with Crippen LogP contribution < -0.4 is 14.8 Å². The Hall–Kier alpha value is -1.82. The fraction of sp³-hybridized carbons (Fsp3) is 0.571. The SMILES string of the molecule is CCCOc1cc(OCCNC(C)C)cc([N+](=O)[O-])c1. The van der Waals surface area contributed by atoms with E-state index in [9.17, 15) is 10.1 Å². The molecule has 0 unspecified atom stereocenters. The zero-order valence-corrected chi connectivity index (χ0v) is 12.2. The van der Waals surface area contributed by atoms with Crippen molar-refractivity contribution >= 4 is 5.69 Å². The lowest BCUT2D eigenvalue weighted by Crippen LogP contribution is -2.27. The maximum Gasteiger partial charge on any atom is 0.276 e. The second-order valence-electron chi connectivity index (χ2n) is 4.73. The average Bonchev–Trinajstić information content (AvgIpc) is 2.41. The largest absolute Gasteiger partial charge is 0.493 e. The normalized spacial score (nSPS) is 10.6. The minimum Gasteiger partial charge on any atom is -0.493 e. The van der Waals surface area contributed by atoms with Crippen molar-refractivity contribution in [2.45, 2.75) is 33.2 Å². The summed E-state index contributed by atoms with van der Waals surface area (Å²) in [6.07, 6.45) is 0.844. The number of non-ortho nitro benzene ring substituents is 1. The molecule has 0 radical (unpaired) electrons. The standard InChI is InChI=1S/C14H22N2O4/c1-4-6-19-13-8-12(16(17)18)9-14(10-13)20-7-5-15-11(2)3/h8-11,15H,4-7H2,1-3H3. The van der Waals surface area contributed by atoms with Crippen molar-refractivity contribution in [2.75, 3.05) is 19.8 Å². The van der Waals surface area contributed by atoms with Crippen LogP contribution in [-0.2, 0) is 0 Å². The fourth-order valence-electron chi connectivity index (χ4n) is 1.57. The molecule has 112 valence electrons. The smallest absolute Gasteiger partial charge is 0.276 e. The number of rotatable bonds is 9. The lowest BCUT2D eigenvalue weighted by molar-refractivity contribution is -0.385. The maximum absolute atomic E-state index is 10.9. The minimum atomic E-state index is -0.446. The van der Waals surface area contributed by atoms with E-state index in [4.69, 9.17) is 9.47 Å². The summed E-state index contributed by atoms with van der Waals surface area (Å²) in [5.41, 5.74) is -0.0228. The number of hydrogen-bond donors (Lipinski definition) is 1. The molecular formula is C14H22N2O4. The second-order valence-corrected chi connectivity index (χ2v) is 4.73. The molecule has 0 atom stereocenters. The van der Waals surface area contributed by atoms with E-state index in [0.717, 1.165) is 6.42 Å². The van der Waals surface area contributed by atoms with Gasteiger partial charge >= 0.3 is 0 Å². The third-order valence-corrected chi connectivity index (χ3v) is 2.47. The molecule has 0 bridgehead atoms. The Morgan fingerprint density at radius 2 is 1.80 bits per heavy atom. The van der Waals surface area contributed by atoms with Gasteiger partial charge in [0.05, 0.1) is 23.7 Å². The van der Waals surface area contributed by atoms with E-state index >= 15 is 0 Å². The third kappa shape index (κ3) is 5.88. The lowest BCUT2D eigenvalue weighted by Gasteiger charge is -2.11. The molecule has 0 spiro atoms. The quantitative estimate of drug-likeness (QED) is 0.428. The first-order chi connectivity index (χ1) is 9.52. The molecule has 0 saturated carbocycles. The van der Waals surface area contributed by atoms with Crippen LogP contribution >= 0.6 is 0 Å². The van der Waals surface area contributed by atoms with E-state index < -0.39 is 4.92 Å². The predicted octanol–water partition coefficient (Wildman–Crippen LogP) is 2.76. The van der Waals surface area contributed by atoms with Gasteiger partial charge in [0.25, 0.3) is 5.69 Å². The zero-order valence-electron chi connectivity index (χ0n) is 12.2. The maximum atomic E-state index is 10.9. The summed E-state index contributed by atoms with van der Waals surface area (Å²) in [5, 5.41) is 14.1. The van der Waals surface area contributed by atoms with Crippen molar-refractivity contribution in [3.8, 4) is 11.5 Å². The molecule has 1 rings (SSSR count). The Kier molecular flexibility index (Phi) is 6.79. The average molecular weight is 282 g/mol. The molecule has 0 fully saturated rings. The van der Waals surface area contributed by atoms with Gasteiger partial charge in [-0.05, 0) is 6.42 Å². The Labute approximate surface area is 119 Å². The minimum absolute atomic E-state index is 0.0228. The monoisotopic (exact) mass is 282 g/mol. The Balaban J connectivity index is 2.67. The van der Waals surface area contributed by atoms with E-state index in [1.54, 1.807) is 6.07 Å². The molecule has 1 aromatic rings. The van der Waals surface area contributed by atoms with E-state index in [1.807, 2.05) is 20.8 Å². The molecule has 0 aliphatic carbocycles. The predicted molar refractivity (Wildman–Crippen MR) is 77.5 cm³/mol. The van der Waals surface area contributed by atoms with Crippen LogP contribution in [0.1, 0.15) is 27.2 Å². The first kappa shape index (κ1) is 16.2. The van der Waals surface area contributed by atoms with Crippen LogP contribution in [0.5, 0.6) is 11.5 Å². The van der Waals surface area contributed by atoms with Gasteiger partial charge in [-0.25, -0.2) is 0 Å². The molecule has 0 aliphatic heterocycles. The molecule has 6 nitrogen and oxygen atoms in total. The summed E-state index contributed by atoms with van der Waals surface area (Å²) >= 11 is 0. The molecule has 0 aliphatic rings. The Bertz CT molecular complexity index is 435. The van der Waals surface area contributed by atoms with Gasteiger partial charge in [-0.2, -0.15) is 0 Å². The van der Waals surface area contributed by atoms with Crippen molar-refractivity contribution in [1.82, 2.24) is 5.32 Å². The van der Waals surface area contributed by atoms with Gasteiger partial charge in [0.2, 0.25) is 0 Å². The van der Waals surface area contributed by atoms with Crippen LogP contribution in [0.2, 0.25) is 0 Å². The van der Waals surface area contributed by atoms with Gasteiger partial charge in [-0.3, -0.25) is 10.1 Å². The number of nitro benzene ring substituents is 1. The summed E-state index contributed by atoms with van der Waals surface area (Å²) in [6, 6.07) is 4.88. The summed E-state index contributed by atoms with van der Waals surface area (Å²) in [5.74, 6) is 0.920. The van der Waals surface area contributed by atoms with Crippen molar-refractivity contribution in [3.63, 3.8) is 0 Å². The highest BCUT2D eigenvalue weighted by Crippen LogP contribution is 2.27. The molecule has 1 aromatic carbocycles. The van der Waals surface area contributed by atoms with Gasteiger partial charge in [0, 0.05) is 18.7 Å². The summed E-state index contributed by atoms with van der Waals surface area (Å²) in [4.78, 5) is 10.4. The first-order valence-corrected chi connectivity index (χ1v) is 6.81. The van der Waals surface area contributed by atoms with Crippen molar-refractivity contribution < 1.29 is 14.4 Å². The Morgan fingerprint density at radius 3 is 2.30 bits per heavy atom. The molecule has 6 heteroatoms. The van der Waals surface area contributed by atoms with E-state index in [2.05, 4.69) is 5.32 Å². The zero-order chi connectivity index (χ0) is 15.0. The molecular weight excluding hydrogens is 260 g/mol. The highest BCUT2D eigenvalue weighted by Gasteiger charge is 2.11. The number of ether oxygens (including phenoxy) is 2. The summed E-state index contributed by atoms with van der Waals surface area (Å²) in [7, 11) is 0. The number of nitro groups is 1. The summed E-state index contributed by atoms with van der Waals surface area (Å²) in [6.45, 7) is 7.73. The molecule has 0 amide bonds. The van der Waals surface area contributed by atoms with Gasteiger partial charge in [0.1, 0.15) is 18.1 Å². The number of nitrogens with one attached hydrogen (secondary N) is 1. The van der Waals surface area contributed by atoms with E-state index in [-0.39, 0.29) is 5.69 Å². The second kappa shape index (κ2) is 8.37. The van der Waals surface area contributed by atoms with Gasteiger partial charge < -0.3 is 14.8 Å². The lowest BCUT2D eigenvalue weighted by atomic mass is 10.3. The first-order valence-electron chi connectivity index (χ1n) is 6.81. The fourth-order valence-corrected chi connectivity index (χ4v) is 1.57. The molecule has 20 heavy (non-hydrogen) atoms. The van der Waals surface area contributed by atoms with Crippen molar-refractivity contribution in [2.24, 2.45) is 0 Å². The van der Waals surface area contributed by atoms with Crippen LogP contribution in [0.4, 0.5) is 5.69 Å². The topological polar surface area (TPSA) is 73.6 Å². The number of hydrogen-bond acceptors (Lipinski definition) is 5. The molecule has 0 aromatic heterocycles. The number of nitrogens with zero attached hydrogens (tertiary/aromatic N) is 1. The van der Waals surface area contributed by atoms with Crippen LogP contribution in [0.15, 0.2) is 18.2 Å². The highest BCUT2D eigenvalue weighted by atomic mass is 16.6. The van der Waals surface area contributed by atoms with Crippen LogP contribution in [0, 0.1) is 10.1 Å². The van der Waals surface area contributed by atoms with E-state index in [1.165, 1.54) is 12.1 Å². The number of benzene rings is 1. The highest BCUT2D eigenvalue weighted by molar-refractivity contribution is 5.46. The molecule has 1 N–H and O–H groups in total. The summed E-state index contributed by atoms with van der Waals surface area (Å²) < 4.78 is 11.0. The van der Waals surface area contributed by atoms with Crippen LogP contribution in [-0.4, -0.2) is 30.7 Å². The van der Waals surface area contributed by atoms with Gasteiger partial charge in [-0.15, -0.1) is 0 Å². The van der Waals surface area contributed by atoms with Gasteiger partial charge in [0.15, 0.2) is 0 Å².